The lowest BCUT2D eigenvalue weighted by Gasteiger charge is -2.36. The summed E-state index contributed by atoms with van der Waals surface area (Å²) in [4.78, 5) is 20.6. The number of non-ortho nitro benzene ring substituents is 1. The van der Waals surface area contributed by atoms with E-state index < -0.39 is 18.2 Å². The number of benzene rings is 1. The number of nitro benzene ring substituents is 2. The molecule has 1 N–H and O–H groups in total. The van der Waals surface area contributed by atoms with E-state index in [0.717, 1.165) is 6.07 Å². The molecule has 0 saturated carbocycles. The van der Waals surface area contributed by atoms with Crippen LogP contribution in [0, 0.1) is 20.2 Å². The summed E-state index contributed by atoms with van der Waals surface area (Å²) >= 11 is 0. The van der Waals surface area contributed by atoms with Crippen molar-refractivity contribution in [3.8, 4) is 0 Å². The van der Waals surface area contributed by atoms with Gasteiger partial charge in [-0.1, -0.05) is 20.8 Å². The lowest BCUT2D eigenvalue weighted by atomic mass is 10.2. The first-order valence-corrected chi connectivity index (χ1v) is 18.8. The van der Waals surface area contributed by atoms with E-state index in [-0.39, 0.29) is 28.7 Å². The van der Waals surface area contributed by atoms with Gasteiger partial charge in [0.15, 0.2) is 8.32 Å². The Hall–Kier alpha value is -2.32. The van der Waals surface area contributed by atoms with E-state index in [4.69, 9.17) is 42.3 Å². The van der Waals surface area contributed by atoms with Gasteiger partial charge in [0.2, 0.25) is 0 Å². The molecule has 272 valence electrons. The highest BCUT2D eigenvalue weighted by molar-refractivity contribution is 6.74. The molecule has 16 nitrogen and oxygen atoms in total. The molecule has 1 aromatic rings. The van der Waals surface area contributed by atoms with Crippen LogP contribution in [0.15, 0.2) is 18.2 Å². The minimum absolute atomic E-state index is 0.189. The minimum Gasteiger partial charge on any atom is -0.414 e. The lowest BCUT2D eigenvalue weighted by molar-refractivity contribution is -0.393. The number of ether oxygens (including phenoxy) is 8. The highest BCUT2D eigenvalue weighted by Crippen LogP contribution is 2.36. The number of anilines is 1. The van der Waals surface area contributed by atoms with Crippen LogP contribution in [0.4, 0.5) is 17.1 Å². The molecule has 0 unspecified atom stereocenters. The maximum Gasteiger partial charge on any atom is 0.299 e. The van der Waals surface area contributed by atoms with Gasteiger partial charge in [0.05, 0.1) is 128 Å². The molecule has 1 aromatic carbocycles. The Balaban J connectivity index is 1.78. The van der Waals surface area contributed by atoms with Crippen molar-refractivity contribution in [1.82, 2.24) is 0 Å². The number of nitrogens with zero attached hydrogens (tertiary/aromatic N) is 2. The predicted molar refractivity (Wildman–Crippen MR) is 178 cm³/mol. The van der Waals surface area contributed by atoms with E-state index in [2.05, 4.69) is 39.2 Å². The molecule has 0 radical (unpaired) electrons. The topological polar surface area (TPSA) is 181 Å². The number of rotatable bonds is 31. The van der Waals surface area contributed by atoms with Crippen molar-refractivity contribution in [1.29, 1.82) is 0 Å². The molecule has 47 heavy (non-hydrogen) atoms. The van der Waals surface area contributed by atoms with Crippen LogP contribution in [0.1, 0.15) is 20.8 Å². The monoisotopic (exact) mass is 693 g/mol. The van der Waals surface area contributed by atoms with Gasteiger partial charge in [-0.2, -0.15) is 0 Å². The fourth-order valence-corrected chi connectivity index (χ4v) is 4.43. The maximum atomic E-state index is 11.1. The molecule has 0 fully saturated rings. The number of hydrogen-bond acceptors (Lipinski definition) is 14. The molecule has 0 spiro atoms. The SMILES string of the molecule is CC(C)(C)[Si](C)(C)OCCOCCOCCOCCOCCOCCOCCOCCOCCNc1ccc([N+](=O)[O-])cc1[N+](=O)[O-]. The van der Waals surface area contributed by atoms with Gasteiger partial charge < -0.3 is 47.6 Å². The summed E-state index contributed by atoms with van der Waals surface area (Å²) in [5.74, 6) is 0. The molecule has 0 atom stereocenters. The standard InChI is InChI=1S/C30H55N3O13Si/c1-30(2,3)47(4,5)46-25-24-45-23-22-44-21-20-43-19-18-42-17-16-41-15-14-40-13-12-39-11-10-38-9-8-31-28-7-6-27(32(34)35)26-29(28)33(36)37/h6-7,26,31H,8-25H2,1-5H3. The Morgan fingerprint density at radius 1 is 0.596 bits per heavy atom. The molecule has 0 aliphatic rings. The van der Waals surface area contributed by atoms with Crippen LogP contribution in [0.3, 0.4) is 0 Å². The van der Waals surface area contributed by atoms with Crippen LogP contribution in [-0.4, -0.2) is 137 Å². The molecular weight excluding hydrogens is 638 g/mol. The van der Waals surface area contributed by atoms with Crippen molar-refractivity contribution in [2.24, 2.45) is 0 Å². The second-order valence-corrected chi connectivity index (χ2v) is 16.5. The Morgan fingerprint density at radius 2 is 0.957 bits per heavy atom. The van der Waals surface area contributed by atoms with Crippen molar-refractivity contribution < 1.29 is 52.2 Å². The van der Waals surface area contributed by atoms with E-state index >= 15 is 0 Å². The Bertz CT molecular complexity index is 983. The Morgan fingerprint density at radius 3 is 1.30 bits per heavy atom. The normalized spacial score (nSPS) is 12.0. The molecule has 0 aromatic heterocycles. The number of nitrogens with one attached hydrogen (secondary N) is 1. The highest BCUT2D eigenvalue weighted by Gasteiger charge is 2.36. The van der Waals surface area contributed by atoms with Gasteiger partial charge in [-0.05, 0) is 24.2 Å². The molecule has 1 rings (SSSR count). The average Bonchev–Trinajstić information content (AvgIpc) is 3.01. The smallest absolute Gasteiger partial charge is 0.299 e. The zero-order valence-electron chi connectivity index (χ0n) is 28.7. The van der Waals surface area contributed by atoms with Gasteiger partial charge in [-0.15, -0.1) is 0 Å². The Kier molecular flexibility index (Phi) is 23.3. The van der Waals surface area contributed by atoms with Crippen LogP contribution in [0.5, 0.6) is 0 Å². The van der Waals surface area contributed by atoms with Crippen LogP contribution in [0.2, 0.25) is 18.1 Å². The summed E-state index contributed by atoms with van der Waals surface area (Å²) in [7, 11) is -1.71. The predicted octanol–water partition coefficient (Wildman–Crippen LogP) is 4.07. The summed E-state index contributed by atoms with van der Waals surface area (Å²) in [5.41, 5.74) is -0.517. The van der Waals surface area contributed by atoms with Crippen LogP contribution >= 0.6 is 0 Å². The summed E-state index contributed by atoms with van der Waals surface area (Å²) in [6, 6.07) is 3.43. The fraction of sp³-hybridized carbons (Fsp3) is 0.800. The van der Waals surface area contributed by atoms with Crippen molar-refractivity contribution in [3.05, 3.63) is 38.4 Å². The quantitative estimate of drug-likeness (QED) is 0.0508. The largest absolute Gasteiger partial charge is 0.414 e. The third-order valence-electron chi connectivity index (χ3n) is 7.05. The van der Waals surface area contributed by atoms with E-state index in [1.54, 1.807) is 0 Å². The summed E-state index contributed by atoms with van der Waals surface area (Å²) in [6.07, 6.45) is 0. The minimum atomic E-state index is -1.71. The van der Waals surface area contributed by atoms with Crippen LogP contribution in [-0.2, 0) is 42.3 Å². The molecule has 0 amide bonds. The van der Waals surface area contributed by atoms with Crippen molar-refractivity contribution in [2.45, 2.75) is 38.9 Å². The first-order chi connectivity index (χ1) is 22.5. The highest BCUT2D eigenvalue weighted by atomic mass is 28.4. The van der Waals surface area contributed by atoms with Gasteiger partial charge >= 0.3 is 0 Å². The number of hydrogen-bond donors (Lipinski definition) is 1. The van der Waals surface area contributed by atoms with E-state index in [0.29, 0.717) is 112 Å². The molecule has 17 heteroatoms. The maximum absolute atomic E-state index is 11.1. The van der Waals surface area contributed by atoms with Gasteiger partial charge in [0.1, 0.15) is 5.69 Å². The second kappa shape index (κ2) is 25.7. The van der Waals surface area contributed by atoms with Gasteiger partial charge in [0, 0.05) is 12.6 Å². The second-order valence-electron chi connectivity index (χ2n) is 11.7. The van der Waals surface area contributed by atoms with E-state index in [9.17, 15) is 20.2 Å². The first-order valence-electron chi connectivity index (χ1n) is 15.9. The van der Waals surface area contributed by atoms with E-state index in [1.165, 1.54) is 12.1 Å². The van der Waals surface area contributed by atoms with Crippen molar-refractivity contribution in [2.75, 3.05) is 124 Å². The van der Waals surface area contributed by atoms with Gasteiger partial charge in [-0.25, -0.2) is 0 Å². The fourth-order valence-electron chi connectivity index (χ4n) is 3.41. The zero-order valence-corrected chi connectivity index (χ0v) is 29.7. The molecule has 0 bridgehead atoms. The first kappa shape index (κ1) is 42.7. The summed E-state index contributed by atoms with van der Waals surface area (Å²) < 4.78 is 49.8. The average molecular weight is 694 g/mol. The Labute approximate surface area is 279 Å². The summed E-state index contributed by atoms with van der Waals surface area (Å²) in [6.45, 7) is 19.3. The van der Waals surface area contributed by atoms with Crippen molar-refractivity contribution >= 4 is 25.4 Å². The third kappa shape index (κ3) is 21.3. The zero-order chi connectivity index (χ0) is 34.8. The van der Waals surface area contributed by atoms with Crippen molar-refractivity contribution in [3.63, 3.8) is 0 Å². The molecule has 0 saturated heterocycles. The van der Waals surface area contributed by atoms with Crippen LogP contribution < -0.4 is 5.32 Å². The lowest BCUT2D eigenvalue weighted by Crippen LogP contribution is -2.41. The van der Waals surface area contributed by atoms with Gasteiger partial charge in [0.25, 0.3) is 11.4 Å². The number of nitro groups is 2. The third-order valence-corrected chi connectivity index (χ3v) is 11.6. The molecule has 0 aliphatic carbocycles. The summed E-state index contributed by atoms with van der Waals surface area (Å²) in [5, 5.41) is 25.0. The molecule has 0 aliphatic heterocycles. The van der Waals surface area contributed by atoms with Crippen LogP contribution in [0.25, 0.3) is 0 Å². The molecular formula is C30H55N3O13Si. The van der Waals surface area contributed by atoms with Gasteiger partial charge in [-0.3, -0.25) is 20.2 Å². The molecule has 0 heterocycles. The van der Waals surface area contributed by atoms with E-state index in [1.807, 2.05) is 0 Å².